The highest BCUT2D eigenvalue weighted by Gasteiger charge is 2.31. The number of pyridine rings is 1. The highest BCUT2D eigenvalue weighted by molar-refractivity contribution is 6.00. The lowest BCUT2D eigenvalue weighted by molar-refractivity contribution is -0.140. The van der Waals surface area contributed by atoms with E-state index in [1.807, 2.05) is 30.3 Å². The highest BCUT2D eigenvalue weighted by atomic mass is 16.3. The number of aliphatic hydroxyl groups is 1. The number of benzene rings is 1. The number of piperidine rings is 1. The SMILES string of the molecule is CC(=O)c1c(C2CCN(C(=O)C(C)O)CC2)nc2c(-c3cnc4ccccc4c3)cnn2c1N. The number of para-hydroxylation sites is 1. The first-order valence-corrected chi connectivity index (χ1v) is 11.3. The summed E-state index contributed by atoms with van der Waals surface area (Å²) in [4.78, 5) is 35.9. The molecule has 1 fully saturated rings. The van der Waals surface area contributed by atoms with Crippen molar-refractivity contribution in [3.05, 3.63) is 54.0 Å². The number of hydrogen-bond acceptors (Lipinski definition) is 7. The Bertz CT molecular complexity index is 1420. The summed E-state index contributed by atoms with van der Waals surface area (Å²) in [5.74, 6) is -0.236. The lowest BCUT2D eigenvalue weighted by atomic mass is 9.89. The van der Waals surface area contributed by atoms with E-state index in [1.165, 1.54) is 18.4 Å². The number of Topliss-reactive ketones (excluding diaryl/α,β-unsaturated/α-hetero) is 1. The zero-order valence-electron chi connectivity index (χ0n) is 19.1. The number of anilines is 1. The first-order valence-electron chi connectivity index (χ1n) is 11.3. The molecule has 1 aliphatic heterocycles. The summed E-state index contributed by atoms with van der Waals surface area (Å²) >= 11 is 0. The summed E-state index contributed by atoms with van der Waals surface area (Å²) < 4.78 is 1.51. The molecule has 1 aliphatic rings. The molecule has 9 nitrogen and oxygen atoms in total. The minimum absolute atomic E-state index is 0.0401. The fraction of sp³-hybridized carbons (Fsp3) is 0.320. The van der Waals surface area contributed by atoms with E-state index in [1.54, 1.807) is 17.3 Å². The van der Waals surface area contributed by atoms with Gasteiger partial charge in [0.2, 0.25) is 0 Å². The minimum Gasteiger partial charge on any atom is -0.384 e. The van der Waals surface area contributed by atoms with Crippen LogP contribution in [-0.2, 0) is 4.79 Å². The topological polar surface area (TPSA) is 127 Å². The second-order valence-corrected chi connectivity index (χ2v) is 8.80. The van der Waals surface area contributed by atoms with Gasteiger partial charge >= 0.3 is 0 Å². The quantitative estimate of drug-likeness (QED) is 0.450. The summed E-state index contributed by atoms with van der Waals surface area (Å²) in [5, 5.41) is 15.1. The van der Waals surface area contributed by atoms with Gasteiger partial charge in [-0.15, -0.1) is 0 Å². The molecular weight excluding hydrogens is 432 g/mol. The van der Waals surface area contributed by atoms with Gasteiger partial charge in [-0.2, -0.15) is 9.61 Å². The van der Waals surface area contributed by atoms with Gasteiger partial charge in [0.15, 0.2) is 11.4 Å². The molecule has 1 aromatic carbocycles. The number of aromatic nitrogens is 4. The van der Waals surface area contributed by atoms with Crippen molar-refractivity contribution in [3.63, 3.8) is 0 Å². The van der Waals surface area contributed by atoms with Crippen LogP contribution >= 0.6 is 0 Å². The molecule has 0 aliphatic carbocycles. The number of nitrogens with two attached hydrogens (primary N) is 1. The molecule has 0 radical (unpaired) electrons. The third-order valence-electron chi connectivity index (χ3n) is 6.51. The van der Waals surface area contributed by atoms with Gasteiger partial charge in [-0.1, -0.05) is 18.2 Å². The van der Waals surface area contributed by atoms with E-state index < -0.39 is 6.10 Å². The van der Waals surface area contributed by atoms with Crippen LogP contribution < -0.4 is 5.73 Å². The van der Waals surface area contributed by atoms with Crippen LogP contribution in [-0.4, -0.2) is 60.5 Å². The molecule has 9 heteroatoms. The Labute approximate surface area is 196 Å². The Kier molecular flexibility index (Phi) is 5.49. The van der Waals surface area contributed by atoms with Crippen LogP contribution in [0.5, 0.6) is 0 Å². The van der Waals surface area contributed by atoms with Crippen molar-refractivity contribution in [1.82, 2.24) is 24.5 Å². The second-order valence-electron chi connectivity index (χ2n) is 8.80. The van der Waals surface area contributed by atoms with E-state index in [0.717, 1.165) is 22.0 Å². The number of ketones is 1. The molecule has 1 amide bonds. The van der Waals surface area contributed by atoms with Gasteiger partial charge in [0, 0.05) is 41.7 Å². The normalized spacial score (nSPS) is 15.7. The molecular formula is C25H26N6O3. The standard InChI is InChI=1S/C25H26N6O3/c1-14(32)21-22(16-7-9-30(10-8-16)25(34)15(2)33)29-24-19(13-28-31(24)23(21)26)18-11-17-5-3-4-6-20(17)27-12-18/h3-6,11-13,15-16,33H,7-10,26H2,1-2H3. The Morgan fingerprint density at radius 1 is 1.18 bits per heavy atom. The van der Waals surface area contributed by atoms with Crippen molar-refractivity contribution < 1.29 is 14.7 Å². The summed E-state index contributed by atoms with van der Waals surface area (Å²) in [6.07, 6.45) is 3.71. The second kappa shape index (κ2) is 8.49. The maximum Gasteiger partial charge on any atom is 0.251 e. The van der Waals surface area contributed by atoms with E-state index in [9.17, 15) is 14.7 Å². The Hall–Kier alpha value is -3.85. The largest absolute Gasteiger partial charge is 0.384 e. The number of nitrogens with zero attached hydrogens (tertiary/aromatic N) is 5. The number of rotatable bonds is 4. The van der Waals surface area contributed by atoms with Gasteiger partial charge in [-0.25, -0.2) is 4.98 Å². The Morgan fingerprint density at radius 3 is 2.62 bits per heavy atom. The molecule has 3 N–H and O–H groups in total. The van der Waals surface area contributed by atoms with E-state index in [-0.39, 0.29) is 23.4 Å². The zero-order valence-corrected chi connectivity index (χ0v) is 19.1. The van der Waals surface area contributed by atoms with Gasteiger partial charge in [0.25, 0.3) is 5.91 Å². The number of aliphatic hydroxyl groups excluding tert-OH is 1. The molecule has 34 heavy (non-hydrogen) atoms. The van der Waals surface area contributed by atoms with Crippen LogP contribution in [0, 0.1) is 0 Å². The summed E-state index contributed by atoms with van der Waals surface area (Å²) in [5.41, 5.74) is 10.6. The molecule has 1 saturated heterocycles. The summed E-state index contributed by atoms with van der Waals surface area (Å²) in [6.45, 7) is 3.92. The zero-order chi connectivity index (χ0) is 24.0. The van der Waals surface area contributed by atoms with E-state index in [4.69, 9.17) is 10.7 Å². The van der Waals surface area contributed by atoms with Gasteiger partial charge < -0.3 is 15.7 Å². The molecule has 4 aromatic rings. The van der Waals surface area contributed by atoms with Crippen LogP contribution in [0.2, 0.25) is 0 Å². The Morgan fingerprint density at radius 2 is 1.91 bits per heavy atom. The predicted octanol–water partition coefficient (Wildman–Crippen LogP) is 2.82. The number of carbonyl (C=O) groups excluding carboxylic acids is 2. The lowest BCUT2D eigenvalue weighted by Crippen LogP contribution is -2.42. The smallest absolute Gasteiger partial charge is 0.251 e. The third kappa shape index (κ3) is 3.67. The van der Waals surface area contributed by atoms with E-state index in [2.05, 4.69) is 10.1 Å². The first-order chi connectivity index (χ1) is 16.3. The number of nitrogen functional groups attached to an aromatic ring is 1. The number of carbonyl (C=O) groups is 2. The van der Waals surface area contributed by atoms with Crippen LogP contribution in [0.3, 0.4) is 0 Å². The molecule has 3 aromatic heterocycles. The molecule has 174 valence electrons. The van der Waals surface area contributed by atoms with Crippen molar-refractivity contribution in [2.45, 2.75) is 38.7 Å². The molecule has 0 bridgehead atoms. The third-order valence-corrected chi connectivity index (χ3v) is 6.51. The average molecular weight is 459 g/mol. The number of amides is 1. The number of likely N-dealkylation sites (tertiary alicyclic amines) is 1. The van der Waals surface area contributed by atoms with Crippen LogP contribution in [0.15, 0.2) is 42.7 Å². The summed E-state index contributed by atoms with van der Waals surface area (Å²) in [6, 6.07) is 9.91. The van der Waals surface area contributed by atoms with Gasteiger partial charge in [-0.05, 0) is 38.8 Å². The lowest BCUT2D eigenvalue weighted by Gasteiger charge is -2.33. The molecule has 1 atom stereocenters. The highest BCUT2D eigenvalue weighted by Crippen LogP contribution is 2.35. The average Bonchev–Trinajstić information content (AvgIpc) is 3.27. The van der Waals surface area contributed by atoms with E-state index >= 15 is 0 Å². The number of fused-ring (bicyclic) bond motifs is 2. The van der Waals surface area contributed by atoms with Crippen LogP contribution in [0.1, 0.15) is 48.7 Å². The van der Waals surface area contributed by atoms with Crippen molar-refractivity contribution in [3.8, 4) is 11.1 Å². The summed E-state index contributed by atoms with van der Waals surface area (Å²) in [7, 11) is 0. The van der Waals surface area contributed by atoms with Crippen LogP contribution in [0.25, 0.3) is 27.7 Å². The Balaban J connectivity index is 1.58. The van der Waals surface area contributed by atoms with Crippen molar-refractivity contribution >= 4 is 34.1 Å². The van der Waals surface area contributed by atoms with E-state index in [0.29, 0.717) is 42.8 Å². The van der Waals surface area contributed by atoms with Crippen molar-refractivity contribution in [1.29, 1.82) is 0 Å². The van der Waals surface area contributed by atoms with Crippen molar-refractivity contribution in [2.24, 2.45) is 0 Å². The fourth-order valence-electron chi connectivity index (χ4n) is 4.75. The molecule has 5 rings (SSSR count). The maximum atomic E-state index is 12.6. The minimum atomic E-state index is -1.03. The molecule has 0 spiro atoms. The van der Waals surface area contributed by atoms with Gasteiger partial charge in [0.1, 0.15) is 11.9 Å². The predicted molar refractivity (Wildman–Crippen MR) is 128 cm³/mol. The fourth-order valence-corrected chi connectivity index (χ4v) is 4.75. The van der Waals surface area contributed by atoms with Gasteiger partial charge in [0.05, 0.1) is 23.0 Å². The monoisotopic (exact) mass is 458 g/mol. The van der Waals surface area contributed by atoms with Crippen LogP contribution in [0.4, 0.5) is 5.82 Å². The van der Waals surface area contributed by atoms with Crippen molar-refractivity contribution in [2.75, 3.05) is 18.8 Å². The first kappa shape index (κ1) is 22.0. The molecule has 1 unspecified atom stereocenters. The molecule has 0 saturated carbocycles. The molecule has 4 heterocycles. The maximum absolute atomic E-state index is 12.6. The van der Waals surface area contributed by atoms with Gasteiger partial charge in [-0.3, -0.25) is 14.6 Å². The number of hydrogen-bond donors (Lipinski definition) is 2.